The summed E-state index contributed by atoms with van der Waals surface area (Å²) in [7, 11) is 0. The summed E-state index contributed by atoms with van der Waals surface area (Å²) in [6.07, 6.45) is 5.82. The van der Waals surface area contributed by atoms with Crippen LogP contribution in [0, 0.1) is 5.92 Å². The van der Waals surface area contributed by atoms with E-state index in [1.165, 1.54) is 29.1 Å². The van der Waals surface area contributed by atoms with Crippen molar-refractivity contribution in [2.45, 2.75) is 37.8 Å². The summed E-state index contributed by atoms with van der Waals surface area (Å²) in [5.74, 6) is 1.09. The summed E-state index contributed by atoms with van der Waals surface area (Å²) in [5.41, 5.74) is 0. The van der Waals surface area contributed by atoms with Gasteiger partial charge in [-0.1, -0.05) is 6.42 Å². The Bertz CT molecular complexity index is 397. The molecule has 19 heavy (non-hydrogen) atoms. The lowest BCUT2D eigenvalue weighted by molar-refractivity contribution is 0.146. The number of thiazole rings is 1. The summed E-state index contributed by atoms with van der Waals surface area (Å²) in [4.78, 5) is 5.84. The summed E-state index contributed by atoms with van der Waals surface area (Å²) >= 11 is 1.85. The lowest BCUT2D eigenvalue weighted by Gasteiger charge is -2.22. The number of aliphatic hydroxyl groups excluding tert-OH is 1. The Morgan fingerprint density at radius 1 is 1.42 bits per heavy atom. The molecule has 1 saturated carbocycles. The van der Waals surface area contributed by atoms with Crippen molar-refractivity contribution in [3.63, 3.8) is 0 Å². The van der Waals surface area contributed by atoms with Crippen LogP contribution in [-0.4, -0.2) is 35.8 Å². The molecule has 1 aromatic heterocycles. The maximum Gasteiger partial charge on any atom is 0.0959 e. The van der Waals surface area contributed by atoms with Crippen molar-refractivity contribution in [2.75, 3.05) is 19.6 Å². The normalized spacial score (nSPS) is 27.0. The van der Waals surface area contributed by atoms with Crippen molar-refractivity contribution < 1.29 is 5.11 Å². The van der Waals surface area contributed by atoms with E-state index in [0.717, 1.165) is 32.1 Å². The van der Waals surface area contributed by atoms with Crippen molar-refractivity contribution in [3.05, 3.63) is 16.1 Å². The number of aliphatic hydroxyl groups is 1. The molecular formula is C13H22ClN3OS. The van der Waals surface area contributed by atoms with E-state index in [2.05, 4.69) is 15.6 Å². The minimum Gasteiger partial charge on any atom is -0.391 e. The second-order valence-electron chi connectivity index (χ2n) is 5.41. The smallest absolute Gasteiger partial charge is 0.0959 e. The van der Waals surface area contributed by atoms with Crippen LogP contribution in [-0.2, 0) is 6.54 Å². The molecule has 1 aromatic rings. The highest BCUT2D eigenvalue weighted by Gasteiger charge is 2.24. The quantitative estimate of drug-likeness (QED) is 0.772. The van der Waals surface area contributed by atoms with Gasteiger partial charge in [-0.2, -0.15) is 0 Å². The topological polar surface area (TPSA) is 57.2 Å². The maximum atomic E-state index is 9.69. The van der Waals surface area contributed by atoms with E-state index in [1.807, 2.05) is 17.5 Å². The number of nitrogens with one attached hydrogen (secondary N) is 2. The van der Waals surface area contributed by atoms with Crippen LogP contribution >= 0.6 is 23.7 Å². The van der Waals surface area contributed by atoms with Crippen LogP contribution in [0.15, 0.2) is 6.20 Å². The lowest BCUT2D eigenvalue weighted by atomic mass is 9.86. The predicted octanol–water partition coefficient (Wildman–Crippen LogP) is 1.50. The van der Waals surface area contributed by atoms with Gasteiger partial charge < -0.3 is 15.7 Å². The first kappa shape index (κ1) is 15.2. The summed E-state index contributed by atoms with van der Waals surface area (Å²) in [6.45, 7) is 3.42. The molecule has 0 amide bonds. The van der Waals surface area contributed by atoms with E-state index < -0.39 is 0 Å². The van der Waals surface area contributed by atoms with Crippen molar-refractivity contribution in [1.82, 2.24) is 15.6 Å². The molecule has 0 spiro atoms. The fraction of sp³-hybridized carbons (Fsp3) is 0.769. The number of nitrogens with zero attached hydrogens (tertiary/aromatic N) is 1. The van der Waals surface area contributed by atoms with E-state index >= 15 is 0 Å². The molecule has 0 radical (unpaired) electrons. The summed E-state index contributed by atoms with van der Waals surface area (Å²) in [6, 6.07) is 0. The Morgan fingerprint density at radius 2 is 2.26 bits per heavy atom. The van der Waals surface area contributed by atoms with Gasteiger partial charge in [0.15, 0.2) is 0 Å². The van der Waals surface area contributed by atoms with Crippen molar-refractivity contribution >= 4 is 23.7 Å². The molecule has 2 unspecified atom stereocenters. The third-order valence-electron chi connectivity index (χ3n) is 4.04. The highest BCUT2D eigenvalue weighted by molar-refractivity contribution is 7.11. The number of rotatable bonds is 5. The minimum absolute atomic E-state index is 0. The number of halogens is 1. The average molecular weight is 304 g/mol. The summed E-state index contributed by atoms with van der Waals surface area (Å²) < 4.78 is 0. The Morgan fingerprint density at radius 3 is 2.89 bits per heavy atom. The molecule has 2 atom stereocenters. The van der Waals surface area contributed by atoms with Gasteiger partial charge in [0.05, 0.1) is 11.1 Å². The van der Waals surface area contributed by atoms with Gasteiger partial charge in [0, 0.05) is 49.1 Å². The van der Waals surface area contributed by atoms with Gasteiger partial charge in [-0.15, -0.1) is 23.7 Å². The molecule has 2 fully saturated rings. The van der Waals surface area contributed by atoms with Crippen molar-refractivity contribution in [3.8, 4) is 0 Å². The summed E-state index contributed by atoms with van der Waals surface area (Å²) in [5, 5.41) is 17.6. The SMILES string of the molecule is Cl.OC1CNCC1CNCc1cnc(C2CCC2)s1. The molecule has 3 rings (SSSR count). The average Bonchev–Trinajstić information content (AvgIpc) is 2.87. The van der Waals surface area contributed by atoms with Gasteiger partial charge in [0.25, 0.3) is 0 Å². The number of hydrogen-bond acceptors (Lipinski definition) is 5. The number of hydrogen-bond donors (Lipinski definition) is 3. The molecule has 3 N–H and O–H groups in total. The zero-order chi connectivity index (χ0) is 12.4. The second kappa shape index (κ2) is 6.99. The standard InChI is InChI=1S/C13H21N3OS.ClH/c17-12-8-15-5-10(12)4-14-6-11-7-16-13(18-11)9-2-1-3-9;/h7,9-10,12,14-15,17H,1-6,8H2;1H. The zero-order valence-corrected chi connectivity index (χ0v) is 12.6. The Kier molecular flexibility index (Phi) is 5.59. The first-order chi connectivity index (χ1) is 8.83. The molecule has 1 aliphatic carbocycles. The van der Waals surface area contributed by atoms with E-state index in [0.29, 0.717) is 5.92 Å². The van der Waals surface area contributed by atoms with Gasteiger partial charge in [-0.05, 0) is 12.8 Å². The van der Waals surface area contributed by atoms with Crippen LogP contribution in [0.4, 0.5) is 0 Å². The number of aromatic nitrogens is 1. The zero-order valence-electron chi connectivity index (χ0n) is 11.0. The predicted molar refractivity (Wildman–Crippen MR) is 80.0 cm³/mol. The van der Waals surface area contributed by atoms with Gasteiger partial charge in [-0.3, -0.25) is 0 Å². The van der Waals surface area contributed by atoms with Gasteiger partial charge in [0.1, 0.15) is 0 Å². The van der Waals surface area contributed by atoms with E-state index in [4.69, 9.17) is 0 Å². The minimum atomic E-state index is -0.190. The molecule has 0 bridgehead atoms. The Labute approximate surface area is 124 Å². The van der Waals surface area contributed by atoms with E-state index in [-0.39, 0.29) is 18.5 Å². The molecule has 2 heterocycles. The molecule has 0 aromatic carbocycles. The molecule has 108 valence electrons. The van der Waals surface area contributed by atoms with Crippen LogP contribution in [0.3, 0.4) is 0 Å². The van der Waals surface area contributed by atoms with Crippen LogP contribution < -0.4 is 10.6 Å². The third kappa shape index (κ3) is 3.67. The lowest BCUT2D eigenvalue weighted by Crippen LogP contribution is -2.29. The van der Waals surface area contributed by atoms with Crippen molar-refractivity contribution in [2.24, 2.45) is 5.92 Å². The van der Waals surface area contributed by atoms with Gasteiger partial charge >= 0.3 is 0 Å². The van der Waals surface area contributed by atoms with Crippen LogP contribution in [0.5, 0.6) is 0 Å². The van der Waals surface area contributed by atoms with Crippen molar-refractivity contribution in [1.29, 1.82) is 0 Å². The first-order valence-corrected chi connectivity index (χ1v) is 7.68. The van der Waals surface area contributed by atoms with Gasteiger partial charge in [0.2, 0.25) is 0 Å². The van der Waals surface area contributed by atoms with Crippen LogP contribution in [0.1, 0.15) is 35.1 Å². The molecule has 4 nitrogen and oxygen atoms in total. The number of β-amino-alcohol motifs (C(OH)–C–C–N with tert-alkyl or cyclic N) is 1. The first-order valence-electron chi connectivity index (χ1n) is 6.87. The maximum absolute atomic E-state index is 9.69. The fourth-order valence-corrected chi connectivity index (χ4v) is 3.61. The highest BCUT2D eigenvalue weighted by Crippen LogP contribution is 2.38. The molecule has 2 aliphatic rings. The van der Waals surface area contributed by atoms with E-state index in [1.54, 1.807) is 0 Å². The fourth-order valence-electron chi connectivity index (χ4n) is 2.56. The van der Waals surface area contributed by atoms with Crippen LogP contribution in [0.25, 0.3) is 0 Å². The largest absolute Gasteiger partial charge is 0.391 e. The second-order valence-corrected chi connectivity index (χ2v) is 6.56. The van der Waals surface area contributed by atoms with Crippen LogP contribution in [0.2, 0.25) is 0 Å². The van der Waals surface area contributed by atoms with Gasteiger partial charge in [-0.25, -0.2) is 4.98 Å². The molecule has 1 aliphatic heterocycles. The highest BCUT2D eigenvalue weighted by atomic mass is 35.5. The Hall–Kier alpha value is -0.200. The van der Waals surface area contributed by atoms with E-state index in [9.17, 15) is 5.11 Å². The molecule has 6 heteroatoms. The third-order valence-corrected chi connectivity index (χ3v) is 5.20. The monoisotopic (exact) mass is 303 g/mol. The molecule has 1 saturated heterocycles. The Balaban J connectivity index is 0.00000133. The molecular weight excluding hydrogens is 282 g/mol.